The molecular formula is C15H22N2O. The standard InChI is InChI=1S/C15H22N2O/c1-10-8-11(2)17-15(18-13-4-3-5-13)14(10)9-16-12-6-7-12/h8,12-13,16H,3-7,9H2,1-2H3. The number of aromatic nitrogens is 1. The van der Waals surface area contributed by atoms with Gasteiger partial charge in [0.15, 0.2) is 0 Å². The molecule has 0 unspecified atom stereocenters. The van der Waals surface area contributed by atoms with E-state index in [0.29, 0.717) is 6.10 Å². The lowest BCUT2D eigenvalue weighted by atomic mass is 9.96. The molecule has 0 atom stereocenters. The third-order valence-electron chi connectivity index (χ3n) is 3.91. The van der Waals surface area contributed by atoms with Crippen LogP contribution in [0.4, 0.5) is 0 Å². The summed E-state index contributed by atoms with van der Waals surface area (Å²) in [6.07, 6.45) is 6.70. The molecule has 1 heterocycles. The minimum absolute atomic E-state index is 0.401. The van der Waals surface area contributed by atoms with E-state index < -0.39 is 0 Å². The summed E-state index contributed by atoms with van der Waals surface area (Å²) in [4.78, 5) is 4.59. The number of aryl methyl sites for hydroxylation is 2. The maximum absolute atomic E-state index is 6.04. The van der Waals surface area contributed by atoms with Gasteiger partial charge in [0.05, 0.1) is 0 Å². The summed E-state index contributed by atoms with van der Waals surface area (Å²) in [5, 5.41) is 3.56. The first kappa shape index (κ1) is 12.0. The Kier molecular flexibility index (Phi) is 3.25. The second-order valence-corrected chi connectivity index (χ2v) is 5.69. The molecule has 3 rings (SSSR count). The van der Waals surface area contributed by atoms with Crippen LogP contribution in [0.1, 0.15) is 48.9 Å². The molecule has 0 amide bonds. The first-order valence-electron chi connectivity index (χ1n) is 7.09. The molecule has 0 radical (unpaired) electrons. The van der Waals surface area contributed by atoms with E-state index in [9.17, 15) is 0 Å². The van der Waals surface area contributed by atoms with Crippen LogP contribution in [0, 0.1) is 13.8 Å². The van der Waals surface area contributed by atoms with E-state index in [2.05, 4.69) is 23.3 Å². The maximum Gasteiger partial charge on any atom is 0.218 e. The Morgan fingerprint density at radius 2 is 2.06 bits per heavy atom. The summed E-state index contributed by atoms with van der Waals surface area (Å²) in [5.41, 5.74) is 3.60. The van der Waals surface area contributed by atoms with Gasteiger partial charge in [0.1, 0.15) is 6.10 Å². The largest absolute Gasteiger partial charge is 0.474 e. The van der Waals surface area contributed by atoms with Gasteiger partial charge in [0.2, 0.25) is 5.88 Å². The van der Waals surface area contributed by atoms with Gasteiger partial charge in [-0.3, -0.25) is 0 Å². The van der Waals surface area contributed by atoms with Gasteiger partial charge in [-0.05, 0) is 57.6 Å². The van der Waals surface area contributed by atoms with Gasteiger partial charge >= 0.3 is 0 Å². The lowest BCUT2D eigenvalue weighted by Crippen LogP contribution is -2.26. The van der Waals surface area contributed by atoms with Crippen molar-refractivity contribution in [3.63, 3.8) is 0 Å². The second kappa shape index (κ2) is 4.88. The summed E-state index contributed by atoms with van der Waals surface area (Å²) in [5.74, 6) is 0.866. The molecule has 3 heteroatoms. The molecule has 0 spiro atoms. The van der Waals surface area contributed by atoms with Gasteiger partial charge in [-0.1, -0.05) is 0 Å². The first-order chi connectivity index (χ1) is 8.72. The lowest BCUT2D eigenvalue weighted by Gasteiger charge is -2.27. The summed E-state index contributed by atoms with van der Waals surface area (Å²) >= 11 is 0. The maximum atomic E-state index is 6.04. The third kappa shape index (κ3) is 2.66. The van der Waals surface area contributed by atoms with E-state index in [4.69, 9.17) is 4.74 Å². The Morgan fingerprint density at radius 3 is 2.67 bits per heavy atom. The van der Waals surface area contributed by atoms with E-state index in [1.807, 2.05) is 6.92 Å². The zero-order valence-electron chi connectivity index (χ0n) is 11.3. The van der Waals surface area contributed by atoms with Crippen LogP contribution in [0.2, 0.25) is 0 Å². The van der Waals surface area contributed by atoms with Crippen molar-refractivity contribution >= 4 is 0 Å². The Labute approximate surface area is 109 Å². The van der Waals surface area contributed by atoms with E-state index >= 15 is 0 Å². The van der Waals surface area contributed by atoms with Gasteiger partial charge in [0, 0.05) is 23.8 Å². The van der Waals surface area contributed by atoms with Crippen LogP contribution in [0.3, 0.4) is 0 Å². The molecule has 0 bridgehead atoms. The SMILES string of the molecule is Cc1cc(C)c(CNC2CC2)c(OC2CCC2)n1. The normalized spacial score (nSPS) is 19.7. The molecule has 2 aliphatic carbocycles. The van der Waals surface area contributed by atoms with Gasteiger partial charge < -0.3 is 10.1 Å². The summed E-state index contributed by atoms with van der Waals surface area (Å²) in [6.45, 7) is 5.09. The summed E-state index contributed by atoms with van der Waals surface area (Å²) < 4.78 is 6.04. The monoisotopic (exact) mass is 246 g/mol. The molecule has 98 valence electrons. The smallest absolute Gasteiger partial charge is 0.218 e. The van der Waals surface area contributed by atoms with Crippen molar-refractivity contribution in [1.29, 1.82) is 0 Å². The molecule has 2 aliphatic rings. The molecule has 18 heavy (non-hydrogen) atoms. The van der Waals surface area contributed by atoms with E-state index in [-0.39, 0.29) is 0 Å². The lowest BCUT2D eigenvalue weighted by molar-refractivity contribution is 0.113. The minimum atomic E-state index is 0.401. The highest BCUT2D eigenvalue weighted by Crippen LogP contribution is 2.29. The number of hydrogen-bond acceptors (Lipinski definition) is 3. The predicted octanol–water partition coefficient (Wildman–Crippen LogP) is 2.88. The van der Waals surface area contributed by atoms with Crippen LogP contribution < -0.4 is 10.1 Å². The van der Waals surface area contributed by atoms with Crippen molar-refractivity contribution in [1.82, 2.24) is 10.3 Å². The molecule has 0 saturated heterocycles. The van der Waals surface area contributed by atoms with Crippen molar-refractivity contribution in [3.05, 3.63) is 22.9 Å². The fourth-order valence-corrected chi connectivity index (χ4v) is 2.32. The molecule has 2 saturated carbocycles. The Bertz CT molecular complexity index is 436. The van der Waals surface area contributed by atoms with Gasteiger partial charge in [-0.2, -0.15) is 0 Å². The van der Waals surface area contributed by atoms with Crippen molar-refractivity contribution in [3.8, 4) is 5.88 Å². The van der Waals surface area contributed by atoms with Crippen molar-refractivity contribution in [2.24, 2.45) is 0 Å². The zero-order valence-corrected chi connectivity index (χ0v) is 11.3. The van der Waals surface area contributed by atoms with E-state index in [1.54, 1.807) is 0 Å². The molecule has 2 fully saturated rings. The fraction of sp³-hybridized carbons (Fsp3) is 0.667. The number of nitrogens with zero attached hydrogens (tertiary/aromatic N) is 1. The van der Waals surface area contributed by atoms with Crippen LogP contribution in [-0.4, -0.2) is 17.1 Å². The fourth-order valence-electron chi connectivity index (χ4n) is 2.32. The number of nitrogens with one attached hydrogen (secondary N) is 1. The molecule has 3 nitrogen and oxygen atoms in total. The third-order valence-corrected chi connectivity index (χ3v) is 3.91. The highest BCUT2D eigenvalue weighted by molar-refractivity contribution is 5.36. The average molecular weight is 246 g/mol. The second-order valence-electron chi connectivity index (χ2n) is 5.69. The van der Waals surface area contributed by atoms with Crippen LogP contribution >= 0.6 is 0 Å². The van der Waals surface area contributed by atoms with E-state index in [1.165, 1.54) is 43.2 Å². The Morgan fingerprint density at radius 1 is 1.28 bits per heavy atom. The topological polar surface area (TPSA) is 34.1 Å². The zero-order chi connectivity index (χ0) is 12.5. The van der Waals surface area contributed by atoms with Crippen LogP contribution in [0.15, 0.2) is 6.07 Å². The quantitative estimate of drug-likeness (QED) is 0.867. The molecule has 1 aromatic heterocycles. The number of ether oxygens (including phenoxy) is 1. The Hall–Kier alpha value is -1.09. The average Bonchev–Trinajstić information content (AvgIpc) is 3.05. The van der Waals surface area contributed by atoms with Crippen molar-refractivity contribution < 1.29 is 4.74 Å². The predicted molar refractivity (Wildman–Crippen MR) is 71.8 cm³/mol. The summed E-state index contributed by atoms with van der Waals surface area (Å²) in [6, 6.07) is 2.87. The molecule has 0 aromatic carbocycles. The summed E-state index contributed by atoms with van der Waals surface area (Å²) in [7, 11) is 0. The number of rotatable bonds is 5. The number of hydrogen-bond donors (Lipinski definition) is 1. The molecule has 1 N–H and O–H groups in total. The van der Waals surface area contributed by atoms with Crippen molar-refractivity contribution in [2.75, 3.05) is 0 Å². The Balaban J connectivity index is 1.77. The highest BCUT2D eigenvalue weighted by Gasteiger charge is 2.24. The van der Waals surface area contributed by atoms with Gasteiger partial charge in [-0.25, -0.2) is 4.98 Å². The molecular weight excluding hydrogens is 224 g/mol. The molecule has 1 aromatic rings. The van der Waals surface area contributed by atoms with Crippen molar-refractivity contribution in [2.45, 2.75) is 64.6 Å². The first-order valence-corrected chi connectivity index (χ1v) is 7.09. The van der Waals surface area contributed by atoms with E-state index in [0.717, 1.165) is 24.2 Å². The van der Waals surface area contributed by atoms with Crippen LogP contribution in [0.5, 0.6) is 5.88 Å². The van der Waals surface area contributed by atoms with Gasteiger partial charge in [-0.15, -0.1) is 0 Å². The minimum Gasteiger partial charge on any atom is -0.474 e. The molecule has 0 aliphatic heterocycles. The van der Waals surface area contributed by atoms with Gasteiger partial charge in [0.25, 0.3) is 0 Å². The van der Waals surface area contributed by atoms with Crippen LogP contribution in [-0.2, 0) is 6.54 Å². The van der Waals surface area contributed by atoms with Crippen LogP contribution in [0.25, 0.3) is 0 Å². The highest BCUT2D eigenvalue weighted by atomic mass is 16.5. The number of pyridine rings is 1.